The van der Waals surface area contributed by atoms with E-state index in [1.54, 1.807) is 30.1 Å². The Labute approximate surface area is 167 Å². The third-order valence-electron chi connectivity index (χ3n) is 4.59. The van der Waals surface area contributed by atoms with Crippen LogP contribution in [-0.4, -0.2) is 37.4 Å². The number of ketones is 1. The monoisotopic (exact) mass is 383 g/mol. The maximum atomic E-state index is 12.4. The number of carbonyl (C=O) groups is 2. The molecule has 28 heavy (non-hydrogen) atoms. The van der Waals surface area contributed by atoms with E-state index in [4.69, 9.17) is 9.47 Å². The van der Waals surface area contributed by atoms with Crippen molar-refractivity contribution in [1.82, 2.24) is 4.90 Å². The molecule has 0 unspecified atom stereocenters. The molecular weight excluding hydrogens is 354 g/mol. The minimum absolute atomic E-state index is 0.0573. The number of ether oxygens (including phenoxy) is 2. The minimum Gasteiger partial charge on any atom is -0.493 e. The summed E-state index contributed by atoms with van der Waals surface area (Å²) in [7, 11) is 3.25. The highest BCUT2D eigenvalue weighted by Crippen LogP contribution is 2.28. The van der Waals surface area contributed by atoms with Crippen LogP contribution in [0.1, 0.15) is 49.2 Å². The second kappa shape index (κ2) is 8.91. The molecule has 0 saturated heterocycles. The smallest absolute Gasteiger partial charge is 0.260 e. The van der Waals surface area contributed by atoms with Crippen LogP contribution in [0.4, 0.5) is 0 Å². The third-order valence-corrected chi connectivity index (χ3v) is 4.59. The molecule has 2 rings (SSSR count). The minimum atomic E-state index is -0.141. The molecule has 0 aliphatic rings. The lowest BCUT2D eigenvalue weighted by Crippen LogP contribution is -2.31. The van der Waals surface area contributed by atoms with Crippen LogP contribution in [0, 0.1) is 0 Å². The van der Waals surface area contributed by atoms with Crippen LogP contribution < -0.4 is 9.47 Å². The molecule has 1 amide bonds. The van der Waals surface area contributed by atoms with E-state index in [2.05, 4.69) is 45.0 Å². The van der Waals surface area contributed by atoms with Gasteiger partial charge in [0.2, 0.25) is 0 Å². The summed E-state index contributed by atoms with van der Waals surface area (Å²) in [6, 6.07) is 13.2. The number of amides is 1. The van der Waals surface area contributed by atoms with Crippen molar-refractivity contribution < 1.29 is 19.1 Å². The molecule has 0 spiro atoms. The summed E-state index contributed by atoms with van der Waals surface area (Å²) < 4.78 is 10.9. The Hall–Kier alpha value is -2.82. The average Bonchev–Trinajstić information content (AvgIpc) is 2.65. The van der Waals surface area contributed by atoms with Gasteiger partial charge in [0.25, 0.3) is 5.91 Å². The fourth-order valence-electron chi connectivity index (χ4n) is 2.73. The number of Topliss-reactive ketones (excluding diaryl/α,β-unsaturated/α-hetero) is 1. The number of likely N-dealkylation sites (N-methyl/N-ethyl adjacent to an activating group) is 1. The Balaban J connectivity index is 1.96. The Kier molecular flexibility index (Phi) is 6.84. The summed E-state index contributed by atoms with van der Waals surface area (Å²) in [5, 5.41) is 0. The molecule has 0 fully saturated rings. The van der Waals surface area contributed by atoms with Crippen molar-refractivity contribution in [3.05, 3.63) is 59.2 Å². The predicted octanol–water partition coefficient (Wildman–Crippen LogP) is 4.23. The van der Waals surface area contributed by atoms with Crippen molar-refractivity contribution in [2.75, 3.05) is 20.8 Å². The molecule has 5 nitrogen and oxygen atoms in total. The van der Waals surface area contributed by atoms with Gasteiger partial charge in [-0.1, -0.05) is 45.0 Å². The van der Waals surface area contributed by atoms with E-state index in [0.717, 1.165) is 5.56 Å². The van der Waals surface area contributed by atoms with E-state index in [0.29, 0.717) is 23.6 Å². The van der Waals surface area contributed by atoms with E-state index in [9.17, 15) is 9.59 Å². The number of benzene rings is 2. The van der Waals surface area contributed by atoms with Gasteiger partial charge < -0.3 is 14.4 Å². The largest absolute Gasteiger partial charge is 0.493 e. The number of methoxy groups -OCH3 is 1. The average molecular weight is 383 g/mol. The molecule has 0 bridgehead atoms. The Bertz CT molecular complexity index is 835. The molecule has 0 aliphatic heterocycles. The standard InChI is InChI=1S/C23H29NO4/c1-16(25)18-9-12-20(21(13-18)27-6)28-15-22(26)24(5)14-17-7-10-19(11-8-17)23(2,3)4/h7-13H,14-15H2,1-6H3. The molecule has 0 aromatic heterocycles. The van der Waals surface area contributed by atoms with Crippen LogP contribution in [0.3, 0.4) is 0 Å². The van der Waals surface area contributed by atoms with Gasteiger partial charge >= 0.3 is 0 Å². The highest BCUT2D eigenvalue weighted by atomic mass is 16.5. The van der Waals surface area contributed by atoms with Gasteiger partial charge in [0.1, 0.15) is 0 Å². The van der Waals surface area contributed by atoms with Crippen LogP contribution in [-0.2, 0) is 16.8 Å². The fourth-order valence-corrected chi connectivity index (χ4v) is 2.73. The van der Waals surface area contributed by atoms with E-state index in [1.807, 2.05) is 0 Å². The molecule has 0 aliphatic carbocycles. The van der Waals surface area contributed by atoms with Gasteiger partial charge in [-0.2, -0.15) is 0 Å². The molecule has 2 aromatic rings. The summed E-state index contributed by atoms with van der Waals surface area (Å²) in [6.45, 7) is 8.41. The predicted molar refractivity (Wildman–Crippen MR) is 110 cm³/mol. The maximum Gasteiger partial charge on any atom is 0.260 e. The number of nitrogens with zero attached hydrogens (tertiary/aromatic N) is 1. The van der Waals surface area contributed by atoms with E-state index < -0.39 is 0 Å². The van der Waals surface area contributed by atoms with E-state index in [-0.39, 0.29) is 23.7 Å². The first-order valence-electron chi connectivity index (χ1n) is 9.27. The Morgan fingerprint density at radius 1 is 1.00 bits per heavy atom. The second-order valence-electron chi connectivity index (χ2n) is 7.91. The Morgan fingerprint density at radius 2 is 1.64 bits per heavy atom. The molecule has 0 radical (unpaired) electrons. The number of hydrogen-bond acceptors (Lipinski definition) is 4. The number of carbonyl (C=O) groups excluding carboxylic acids is 2. The van der Waals surface area contributed by atoms with Gasteiger partial charge in [-0.15, -0.1) is 0 Å². The van der Waals surface area contributed by atoms with Crippen LogP contribution in [0.25, 0.3) is 0 Å². The van der Waals surface area contributed by atoms with Crippen molar-refractivity contribution in [2.24, 2.45) is 0 Å². The quantitative estimate of drug-likeness (QED) is 0.672. The van der Waals surface area contributed by atoms with Crippen LogP contribution >= 0.6 is 0 Å². The van der Waals surface area contributed by atoms with Gasteiger partial charge in [0, 0.05) is 19.2 Å². The van der Waals surface area contributed by atoms with Gasteiger partial charge in [-0.25, -0.2) is 0 Å². The summed E-state index contributed by atoms with van der Waals surface area (Å²) in [4.78, 5) is 25.5. The van der Waals surface area contributed by atoms with Gasteiger partial charge in [-0.3, -0.25) is 9.59 Å². The maximum absolute atomic E-state index is 12.4. The molecule has 5 heteroatoms. The van der Waals surface area contributed by atoms with Crippen molar-refractivity contribution in [3.8, 4) is 11.5 Å². The van der Waals surface area contributed by atoms with Gasteiger partial charge in [0.15, 0.2) is 23.9 Å². The molecule has 0 N–H and O–H groups in total. The van der Waals surface area contributed by atoms with Crippen LogP contribution in [0.5, 0.6) is 11.5 Å². The molecule has 0 atom stereocenters. The zero-order valence-electron chi connectivity index (χ0n) is 17.5. The summed E-state index contributed by atoms with van der Waals surface area (Å²) in [6.07, 6.45) is 0. The first-order chi connectivity index (χ1) is 13.1. The van der Waals surface area contributed by atoms with Gasteiger partial charge in [-0.05, 0) is 41.7 Å². The normalized spacial score (nSPS) is 11.1. The van der Waals surface area contributed by atoms with Crippen molar-refractivity contribution in [3.63, 3.8) is 0 Å². The third kappa shape index (κ3) is 5.59. The lowest BCUT2D eigenvalue weighted by molar-refractivity contribution is -0.132. The first kappa shape index (κ1) is 21.5. The summed E-state index contributed by atoms with van der Waals surface area (Å²) in [5.74, 6) is 0.667. The van der Waals surface area contributed by atoms with E-state index >= 15 is 0 Å². The summed E-state index contributed by atoms with van der Waals surface area (Å²) in [5.41, 5.74) is 2.96. The second-order valence-corrected chi connectivity index (χ2v) is 7.91. The fraction of sp³-hybridized carbons (Fsp3) is 0.391. The molecule has 0 saturated carbocycles. The molecule has 150 valence electrons. The highest BCUT2D eigenvalue weighted by Gasteiger charge is 2.15. The van der Waals surface area contributed by atoms with Crippen molar-refractivity contribution in [1.29, 1.82) is 0 Å². The molecule has 2 aromatic carbocycles. The zero-order valence-corrected chi connectivity index (χ0v) is 17.5. The van der Waals surface area contributed by atoms with Crippen molar-refractivity contribution >= 4 is 11.7 Å². The molecule has 0 heterocycles. The van der Waals surface area contributed by atoms with Gasteiger partial charge in [0.05, 0.1) is 7.11 Å². The van der Waals surface area contributed by atoms with Crippen molar-refractivity contribution in [2.45, 2.75) is 39.7 Å². The first-order valence-corrected chi connectivity index (χ1v) is 9.27. The lowest BCUT2D eigenvalue weighted by Gasteiger charge is -2.21. The molecular formula is C23H29NO4. The topological polar surface area (TPSA) is 55.8 Å². The summed E-state index contributed by atoms with van der Waals surface area (Å²) >= 11 is 0. The van der Waals surface area contributed by atoms with Crippen LogP contribution in [0.15, 0.2) is 42.5 Å². The number of hydrogen-bond donors (Lipinski definition) is 0. The van der Waals surface area contributed by atoms with Crippen LogP contribution in [0.2, 0.25) is 0 Å². The lowest BCUT2D eigenvalue weighted by atomic mass is 9.87. The number of rotatable bonds is 7. The SMILES string of the molecule is COc1cc(C(C)=O)ccc1OCC(=O)N(C)Cc1ccc(C(C)(C)C)cc1. The van der Waals surface area contributed by atoms with E-state index in [1.165, 1.54) is 19.6 Å². The Morgan fingerprint density at radius 3 is 2.18 bits per heavy atom. The zero-order chi connectivity index (χ0) is 20.9. The highest BCUT2D eigenvalue weighted by molar-refractivity contribution is 5.94.